The van der Waals surface area contributed by atoms with Gasteiger partial charge in [0.15, 0.2) is 11.5 Å². The Kier molecular flexibility index (Phi) is 5.03. The molecule has 4 heterocycles. The molecule has 4 aromatic heterocycles. The second-order valence-corrected chi connectivity index (χ2v) is 7.65. The summed E-state index contributed by atoms with van der Waals surface area (Å²) in [5.41, 5.74) is 7.82. The molecule has 0 aliphatic heterocycles. The Bertz CT molecular complexity index is 1680. The van der Waals surface area contributed by atoms with Gasteiger partial charge in [0.05, 0.1) is 28.7 Å². The molecule has 5 aromatic rings. The van der Waals surface area contributed by atoms with Gasteiger partial charge in [0.2, 0.25) is 0 Å². The molecule has 1 amide bonds. The Morgan fingerprint density at radius 2 is 2.12 bits per heavy atom. The molecule has 1 atom stereocenters. The average molecular weight is 453 g/mol. The molecule has 168 valence electrons. The van der Waals surface area contributed by atoms with Crippen LogP contribution in [0.4, 0.5) is 5.82 Å². The first kappa shape index (κ1) is 20.9. The van der Waals surface area contributed by atoms with E-state index in [9.17, 15) is 9.59 Å². The molecule has 0 spiro atoms. The highest BCUT2D eigenvalue weighted by atomic mass is 16.2. The summed E-state index contributed by atoms with van der Waals surface area (Å²) in [6.45, 7) is 1.71. The molecule has 0 aliphatic carbocycles. The van der Waals surface area contributed by atoms with E-state index >= 15 is 0 Å². The van der Waals surface area contributed by atoms with E-state index in [1.165, 1.54) is 4.52 Å². The van der Waals surface area contributed by atoms with Crippen molar-refractivity contribution < 1.29 is 4.79 Å². The van der Waals surface area contributed by atoms with Crippen molar-refractivity contribution >= 4 is 28.3 Å². The SMILES string of the molecule is C[C@H](NC(=O)c1c(N)nn2cccnc12)c1nc2cccc(C#Cc3cnn(C)c3)c2c(=O)[nH]1. The number of aryl methyl sites for hydroxylation is 1. The number of hydrogen-bond donors (Lipinski definition) is 3. The molecule has 34 heavy (non-hydrogen) atoms. The standard InChI is InChI=1S/C23H19N9O2/c1-13(27-23(34)18-19(24)30-32-10-4-9-25-21(18)32)20-28-16-6-3-5-15(17(16)22(33)29-20)8-7-14-11-26-31(2)12-14/h3-6,9-13H,1-2H3,(H2,24,30)(H,27,34)(H,28,29,33)/t13-/m0/s1. The zero-order valence-corrected chi connectivity index (χ0v) is 18.3. The number of hydrogen-bond acceptors (Lipinski definition) is 7. The first-order chi connectivity index (χ1) is 16.4. The number of benzene rings is 1. The van der Waals surface area contributed by atoms with Crippen LogP contribution >= 0.6 is 0 Å². The first-order valence-electron chi connectivity index (χ1n) is 10.3. The average Bonchev–Trinajstić information content (AvgIpc) is 3.38. The van der Waals surface area contributed by atoms with Gasteiger partial charge < -0.3 is 16.0 Å². The zero-order valence-electron chi connectivity index (χ0n) is 18.3. The van der Waals surface area contributed by atoms with Crippen LogP contribution in [-0.2, 0) is 7.05 Å². The number of amides is 1. The second kappa shape index (κ2) is 8.18. The lowest BCUT2D eigenvalue weighted by atomic mass is 10.1. The number of aromatic nitrogens is 7. The fourth-order valence-electron chi connectivity index (χ4n) is 3.60. The third-order valence-corrected chi connectivity index (χ3v) is 5.21. The van der Waals surface area contributed by atoms with Gasteiger partial charge in [-0.05, 0) is 25.1 Å². The molecule has 4 N–H and O–H groups in total. The van der Waals surface area contributed by atoms with Crippen LogP contribution in [0.3, 0.4) is 0 Å². The predicted molar refractivity (Wildman–Crippen MR) is 125 cm³/mol. The number of carbonyl (C=O) groups excluding carboxylic acids is 1. The van der Waals surface area contributed by atoms with E-state index in [1.54, 1.807) is 67.7 Å². The number of nitrogens with two attached hydrogens (primary N) is 1. The van der Waals surface area contributed by atoms with Crippen LogP contribution in [-0.4, -0.2) is 40.3 Å². The summed E-state index contributed by atoms with van der Waals surface area (Å²) in [5.74, 6) is 5.90. The van der Waals surface area contributed by atoms with Crippen LogP contribution in [0.2, 0.25) is 0 Å². The number of anilines is 1. The summed E-state index contributed by atoms with van der Waals surface area (Å²) in [7, 11) is 1.81. The maximum atomic E-state index is 12.9. The minimum absolute atomic E-state index is 0.0557. The number of nitrogens with zero attached hydrogens (tertiary/aromatic N) is 6. The van der Waals surface area contributed by atoms with E-state index in [0.29, 0.717) is 27.9 Å². The minimum Gasteiger partial charge on any atom is -0.381 e. The number of nitrogen functional groups attached to an aromatic ring is 1. The van der Waals surface area contributed by atoms with Gasteiger partial charge in [-0.3, -0.25) is 14.3 Å². The van der Waals surface area contributed by atoms with Gasteiger partial charge in [-0.25, -0.2) is 14.5 Å². The molecule has 0 radical (unpaired) electrons. The quantitative estimate of drug-likeness (QED) is 0.347. The van der Waals surface area contributed by atoms with Gasteiger partial charge in [0.25, 0.3) is 11.5 Å². The van der Waals surface area contributed by atoms with Crippen molar-refractivity contribution in [3.8, 4) is 11.8 Å². The fourth-order valence-corrected chi connectivity index (χ4v) is 3.60. The van der Waals surface area contributed by atoms with E-state index in [4.69, 9.17) is 5.73 Å². The third kappa shape index (κ3) is 3.73. The molecule has 11 nitrogen and oxygen atoms in total. The summed E-state index contributed by atoms with van der Waals surface area (Å²) >= 11 is 0. The second-order valence-electron chi connectivity index (χ2n) is 7.65. The van der Waals surface area contributed by atoms with Gasteiger partial charge >= 0.3 is 0 Å². The van der Waals surface area contributed by atoms with Crippen molar-refractivity contribution in [3.63, 3.8) is 0 Å². The molecular formula is C23H19N9O2. The molecule has 0 saturated carbocycles. The van der Waals surface area contributed by atoms with Crippen LogP contribution in [0.15, 0.2) is 53.8 Å². The van der Waals surface area contributed by atoms with Gasteiger partial charge in [0, 0.05) is 31.2 Å². The Morgan fingerprint density at radius 1 is 1.26 bits per heavy atom. The highest BCUT2D eigenvalue weighted by Gasteiger charge is 2.22. The molecule has 0 bridgehead atoms. The van der Waals surface area contributed by atoms with Crippen molar-refractivity contribution in [3.05, 3.63) is 81.9 Å². The van der Waals surface area contributed by atoms with E-state index in [0.717, 1.165) is 5.56 Å². The summed E-state index contributed by atoms with van der Waals surface area (Å²) in [5, 5.41) is 11.4. The minimum atomic E-state index is -0.618. The zero-order chi connectivity index (χ0) is 23.8. The van der Waals surface area contributed by atoms with Crippen LogP contribution in [0.25, 0.3) is 16.6 Å². The lowest BCUT2D eigenvalue weighted by molar-refractivity contribution is 0.0940. The molecule has 0 aliphatic rings. The third-order valence-electron chi connectivity index (χ3n) is 5.21. The van der Waals surface area contributed by atoms with Gasteiger partial charge in [-0.1, -0.05) is 17.9 Å². The van der Waals surface area contributed by atoms with Crippen molar-refractivity contribution in [1.82, 2.24) is 39.7 Å². The van der Waals surface area contributed by atoms with Crippen LogP contribution in [0, 0.1) is 11.8 Å². The molecule has 1 aromatic carbocycles. The molecule has 0 saturated heterocycles. The molecular weight excluding hydrogens is 434 g/mol. The van der Waals surface area contributed by atoms with Crippen molar-refractivity contribution in [2.45, 2.75) is 13.0 Å². The maximum absolute atomic E-state index is 12.9. The van der Waals surface area contributed by atoms with Crippen molar-refractivity contribution in [2.24, 2.45) is 7.05 Å². The highest BCUT2D eigenvalue weighted by Crippen LogP contribution is 2.18. The van der Waals surface area contributed by atoms with Crippen LogP contribution in [0.5, 0.6) is 0 Å². The molecule has 0 fully saturated rings. The maximum Gasteiger partial charge on any atom is 0.260 e. The summed E-state index contributed by atoms with van der Waals surface area (Å²) < 4.78 is 3.08. The van der Waals surface area contributed by atoms with E-state index in [2.05, 4.69) is 42.3 Å². The predicted octanol–water partition coefficient (Wildman–Crippen LogP) is 1.17. The monoisotopic (exact) mass is 453 g/mol. The number of H-pyrrole nitrogens is 1. The van der Waals surface area contributed by atoms with Gasteiger partial charge in [-0.15, -0.1) is 5.10 Å². The normalized spacial score (nSPS) is 11.8. The van der Waals surface area contributed by atoms with E-state index < -0.39 is 11.9 Å². The topological polar surface area (TPSA) is 149 Å². The number of aromatic amines is 1. The van der Waals surface area contributed by atoms with Crippen molar-refractivity contribution in [2.75, 3.05) is 5.73 Å². The van der Waals surface area contributed by atoms with Gasteiger partial charge in [0.1, 0.15) is 11.4 Å². The lowest BCUT2D eigenvalue weighted by Crippen LogP contribution is -2.30. The number of rotatable bonds is 3. The Hall–Kier alpha value is -4.98. The van der Waals surface area contributed by atoms with Crippen LogP contribution < -0.4 is 16.6 Å². The molecule has 11 heteroatoms. The summed E-state index contributed by atoms with van der Waals surface area (Å²) in [6.07, 6.45) is 6.63. The number of fused-ring (bicyclic) bond motifs is 2. The number of carbonyl (C=O) groups is 1. The van der Waals surface area contributed by atoms with E-state index in [1.807, 2.05) is 0 Å². The smallest absolute Gasteiger partial charge is 0.260 e. The fraction of sp³-hybridized carbons (Fsp3) is 0.130. The summed E-state index contributed by atoms with van der Waals surface area (Å²) in [6, 6.07) is 6.33. The first-order valence-corrected chi connectivity index (χ1v) is 10.3. The number of nitrogens with one attached hydrogen (secondary N) is 2. The van der Waals surface area contributed by atoms with Crippen LogP contribution in [0.1, 0.15) is 40.3 Å². The Labute approximate surface area is 192 Å². The largest absolute Gasteiger partial charge is 0.381 e. The molecule has 0 unspecified atom stereocenters. The highest BCUT2D eigenvalue weighted by molar-refractivity contribution is 6.04. The van der Waals surface area contributed by atoms with E-state index in [-0.39, 0.29) is 16.9 Å². The summed E-state index contributed by atoms with van der Waals surface area (Å²) in [4.78, 5) is 37.4. The van der Waals surface area contributed by atoms with Gasteiger partial charge in [-0.2, -0.15) is 5.10 Å². The lowest BCUT2D eigenvalue weighted by Gasteiger charge is -2.13. The Morgan fingerprint density at radius 3 is 2.91 bits per heavy atom. The Balaban J connectivity index is 1.46. The van der Waals surface area contributed by atoms with Crippen molar-refractivity contribution in [1.29, 1.82) is 0 Å². The molecule has 5 rings (SSSR count).